The number of benzene rings is 4. The molecule has 0 bridgehead atoms. The van der Waals surface area contributed by atoms with Crippen LogP contribution in [0.1, 0.15) is 64.2 Å². The molecular weight excluding hydrogens is 1270 g/mol. The second kappa shape index (κ2) is 35.2. The zero-order chi connectivity index (χ0) is 68.8. The second-order valence-electron chi connectivity index (χ2n) is 22.7. The van der Waals surface area contributed by atoms with E-state index in [1.165, 1.54) is 60.2 Å². The van der Waals surface area contributed by atoms with Crippen molar-refractivity contribution < 1.29 is 86.2 Å². The lowest BCUT2D eigenvalue weighted by molar-refractivity contribution is -0.137. The second-order valence-corrected chi connectivity index (χ2v) is 23.0. The monoisotopic (exact) mass is 1350 g/mol. The first-order chi connectivity index (χ1) is 46.2. The molecule has 9 amide bonds. The number of anilines is 3. The van der Waals surface area contributed by atoms with Gasteiger partial charge in [-0.15, -0.1) is 11.6 Å². The number of halogens is 1. The summed E-state index contributed by atoms with van der Waals surface area (Å²) in [6.07, 6.45) is 3.10. The van der Waals surface area contributed by atoms with Crippen molar-refractivity contribution in [2.45, 2.75) is 52.3 Å². The molecule has 4 heterocycles. The van der Waals surface area contributed by atoms with E-state index in [9.17, 15) is 48.3 Å². The molecule has 29 heteroatoms. The summed E-state index contributed by atoms with van der Waals surface area (Å²) in [5.41, 5.74) is 4.26. The molecule has 96 heavy (non-hydrogen) atoms. The largest absolute Gasteiger partial charge is 0.508 e. The number of hydrogen-bond acceptors (Lipinski definition) is 19. The molecule has 8 rings (SSSR count). The third kappa shape index (κ3) is 19.7. The topological polar surface area (TPSA) is 326 Å². The number of ether oxygens (including phenoxy) is 8. The molecule has 0 unspecified atom stereocenters. The van der Waals surface area contributed by atoms with E-state index in [-0.39, 0.29) is 107 Å². The standard InChI is InChI=1S/C67H79ClN10O18/c1-42(2)60(73-65(86)94-35-34-93-33-32-92-31-30-91-29-28-89-6)63(84)69-44(4)61(82)70-48-14-10-45(11-15-48)41-95-66(87)74(5)22-23-75(24-26-90-27-25-77-56(80)20-21-57(77)81)67(88)96-54-36-53-59(58-43(3)8-7-9-51(54)58)47(37-68)38-78(53)64(85)52-40-76-39-49(16-19-55(76)72-52)71-62(83)46-12-17-50(79)18-13-46/h7-21,36,39-40,42,44,47,60,79H,22-35,37-38,41H2,1-6H3,(H,69,84)(H,70,82)(H,71,83)(H,73,86)/t44-,47+,60-/m0/s1. The molecule has 0 saturated heterocycles. The first-order valence-electron chi connectivity index (χ1n) is 31.1. The van der Waals surface area contributed by atoms with E-state index in [1.807, 2.05) is 19.1 Å². The van der Waals surface area contributed by atoms with Crippen LogP contribution in [0.5, 0.6) is 11.5 Å². The number of methoxy groups -OCH3 is 1. The number of fused-ring (bicyclic) bond motifs is 4. The zero-order valence-electron chi connectivity index (χ0n) is 54.2. The first kappa shape index (κ1) is 72.1. The van der Waals surface area contributed by atoms with Crippen LogP contribution in [-0.4, -0.2) is 214 Å². The lowest BCUT2D eigenvalue weighted by atomic mass is 9.92. The molecule has 2 aliphatic rings. The molecule has 2 aliphatic heterocycles. The lowest BCUT2D eigenvalue weighted by Crippen LogP contribution is -2.53. The van der Waals surface area contributed by atoms with Crippen molar-refractivity contribution in [1.82, 2.24) is 34.7 Å². The summed E-state index contributed by atoms with van der Waals surface area (Å²) in [5.74, 6) is -3.37. The third-order valence-electron chi connectivity index (χ3n) is 15.5. The number of alkyl carbamates (subject to hydrolysis) is 1. The third-order valence-corrected chi connectivity index (χ3v) is 15.8. The average molecular weight is 1350 g/mol. The van der Waals surface area contributed by atoms with Crippen LogP contribution in [0.2, 0.25) is 0 Å². The number of likely N-dealkylation sites (N-methyl/N-ethyl adjacent to an activating group) is 1. The Hall–Kier alpha value is -9.71. The predicted octanol–water partition coefficient (Wildman–Crippen LogP) is 6.64. The number of imide groups is 1. The molecule has 0 aliphatic carbocycles. The summed E-state index contributed by atoms with van der Waals surface area (Å²) in [5, 5.41) is 21.7. The van der Waals surface area contributed by atoms with Gasteiger partial charge in [0.25, 0.3) is 23.6 Å². The van der Waals surface area contributed by atoms with Gasteiger partial charge in [0.15, 0.2) is 0 Å². The number of carbonyl (C=O) groups is 9. The van der Waals surface area contributed by atoms with E-state index in [1.54, 1.807) is 91.2 Å². The highest BCUT2D eigenvalue weighted by Gasteiger charge is 2.37. The van der Waals surface area contributed by atoms with E-state index >= 15 is 0 Å². The smallest absolute Gasteiger partial charge is 0.415 e. The Kier molecular flexibility index (Phi) is 26.4. The zero-order valence-corrected chi connectivity index (χ0v) is 54.9. The molecule has 2 aromatic heterocycles. The number of rotatable bonds is 34. The number of aromatic hydroxyl groups is 1. The lowest BCUT2D eigenvalue weighted by Gasteiger charge is -2.26. The normalized spacial score (nSPS) is 14.0. The fourth-order valence-corrected chi connectivity index (χ4v) is 10.5. The van der Waals surface area contributed by atoms with Gasteiger partial charge in [-0.25, -0.2) is 19.4 Å². The van der Waals surface area contributed by atoms with E-state index in [0.717, 1.165) is 21.4 Å². The fourth-order valence-electron chi connectivity index (χ4n) is 10.2. The molecule has 28 nitrogen and oxygen atoms in total. The number of hydrogen-bond donors (Lipinski definition) is 5. The number of pyridine rings is 1. The van der Waals surface area contributed by atoms with E-state index in [0.29, 0.717) is 72.3 Å². The summed E-state index contributed by atoms with van der Waals surface area (Å²) < 4.78 is 45.6. The van der Waals surface area contributed by atoms with Crippen LogP contribution in [0.25, 0.3) is 16.4 Å². The number of nitrogens with zero attached hydrogens (tertiary/aromatic N) is 6. The molecule has 3 atom stereocenters. The van der Waals surface area contributed by atoms with Gasteiger partial charge in [0.05, 0.1) is 77.4 Å². The number of alkyl halides is 1. The number of nitrogens with one attached hydrogen (secondary N) is 4. The van der Waals surface area contributed by atoms with Gasteiger partial charge in [0.1, 0.15) is 48.1 Å². The molecule has 6 aromatic rings. The average Bonchev–Trinajstić information content (AvgIpc) is 1.53. The Morgan fingerprint density at radius 2 is 1.39 bits per heavy atom. The molecule has 0 saturated carbocycles. The highest BCUT2D eigenvalue weighted by atomic mass is 35.5. The highest BCUT2D eigenvalue weighted by Crippen LogP contribution is 2.47. The van der Waals surface area contributed by atoms with Crippen LogP contribution in [0.4, 0.5) is 31.4 Å². The molecule has 0 fully saturated rings. The molecule has 0 spiro atoms. The van der Waals surface area contributed by atoms with E-state index in [2.05, 4.69) is 26.3 Å². The first-order valence-corrected chi connectivity index (χ1v) is 31.6. The summed E-state index contributed by atoms with van der Waals surface area (Å²) in [7, 11) is 3.08. The summed E-state index contributed by atoms with van der Waals surface area (Å²) in [6.45, 7) is 8.97. The summed E-state index contributed by atoms with van der Waals surface area (Å²) in [4.78, 5) is 129. The number of phenolic OH excluding ortho intramolecular Hbond substituents is 1. The molecule has 5 N–H and O–H groups in total. The number of aryl methyl sites for hydroxylation is 1. The maximum Gasteiger partial charge on any atom is 0.415 e. The van der Waals surface area contributed by atoms with Crippen molar-refractivity contribution in [2.75, 3.05) is 134 Å². The SMILES string of the molecule is COCCOCCOCCOCCOC(=O)N[C@H](C(=O)N[C@@H](C)C(=O)Nc1ccc(COC(=O)N(C)CCN(CCOCCN2C(=O)C=CC2=O)C(=O)Oc2cc3c(c4c(C)cccc24)[C@H](CCl)CN3C(=O)c2cn3cc(NC(=O)c4ccc(O)cc4)ccc3n2)cc1)C(C)C. The van der Waals surface area contributed by atoms with Gasteiger partial charge in [-0.05, 0) is 90.4 Å². The van der Waals surface area contributed by atoms with Gasteiger partial charge in [-0.2, -0.15) is 0 Å². The molecule has 4 aromatic carbocycles. The Labute approximate surface area is 558 Å². The van der Waals surface area contributed by atoms with Crippen LogP contribution in [0.3, 0.4) is 0 Å². The Morgan fingerprint density at radius 3 is 2.06 bits per heavy atom. The maximum atomic E-state index is 14.7. The minimum absolute atomic E-state index is 0.0190. The predicted molar refractivity (Wildman–Crippen MR) is 352 cm³/mol. The Morgan fingerprint density at radius 1 is 0.719 bits per heavy atom. The van der Waals surface area contributed by atoms with Gasteiger partial charge in [0.2, 0.25) is 11.8 Å². The number of imidazole rings is 1. The number of amides is 9. The summed E-state index contributed by atoms with van der Waals surface area (Å²) in [6, 6.07) is 20.7. The fraction of sp³-hybridized carbons (Fsp3) is 0.403. The van der Waals surface area contributed by atoms with Crippen LogP contribution in [0, 0.1) is 12.8 Å². The Balaban J connectivity index is 0.859. The molecular formula is C67H79ClN10O18. The number of aromatic nitrogens is 2. The van der Waals surface area contributed by atoms with Gasteiger partial charge < -0.3 is 83.4 Å². The van der Waals surface area contributed by atoms with Crippen molar-refractivity contribution >= 4 is 98.8 Å². The van der Waals surface area contributed by atoms with Crippen molar-refractivity contribution in [3.8, 4) is 11.5 Å². The van der Waals surface area contributed by atoms with Crippen LogP contribution in [-0.2, 0) is 58.9 Å². The number of phenols is 1. The Bertz CT molecular complexity index is 3760. The van der Waals surface area contributed by atoms with E-state index < -0.39 is 65.8 Å². The quantitative estimate of drug-likeness (QED) is 0.0161. The van der Waals surface area contributed by atoms with Gasteiger partial charge in [-0.1, -0.05) is 44.2 Å². The van der Waals surface area contributed by atoms with Gasteiger partial charge >= 0.3 is 18.3 Å². The van der Waals surface area contributed by atoms with Crippen LogP contribution < -0.4 is 30.9 Å². The summed E-state index contributed by atoms with van der Waals surface area (Å²) >= 11 is 6.67. The van der Waals surface area contributed by atoms with Crippen molar-refractivity contribution in [2.24, 2.45) is 5.92 Å². The number of carbonyl (C=O) groups excluding carboxylic acids is 9. The van der Waals surface area contributed by atoms with Gasteiger partial charge in [0, 0.05) is 99.4 Å². The minimum Gasteiger partial charge on any atom is -0.508 e. The highest BCUT2D eigenvalue weighted by molar-refractivity contribution is 6.19. The molecule has 512 valence electrons. The minimum atomic E-state index is -1.02. The van der Waals surface area contributed by atoms with Crippen molar-refractivity contribution in [1.29, 1.82) is 0 Å². The van der Waals surface area contributed by atoms with Crippen molar-refractivity contribution in [3.63, 3.8) is 0 Å². The molecule has 0 radical (unpaired) electrons. The van der Waals surface area contributed by atoms with E-state index in [4.69, 9.17) is 49.5 Å². The van der Waals surface area contributed by atoms with Crippen LogP contribution in [0.15, 0.2) is 109 Å². The van der Waals surface area contributed by atoms with Crippen molar-refractivity contribution in [3.05, 3.63) is 137 Å². The maximum absolute atomic E-state index is 14.7. The van der Waals surface area contributed by atoms with Crippen LogP contribution >= 0.6 is 11.6 Å². The van der Waals surface area contributed by atoms with Gasteiger partial charge in [-0.3, -0.25) is 33.7 Å².